The molecule has 0 radical (unpaired) electrons. The summed E-state index contributed by atoms with van der Waals surface area (Å²) in [6, 6.07) is 11.6. The molecule has 0 aliphatic rings. The van der Waals surface area contributed by atoms with E-state index in [1.807, 2.05) is 0 Å². The van der Waals surface area contributed by atoms with Crippen molar-refractivity contribution in [2.45, 2.75) is 19.8 Å². The maximum absolute atomic E-state index is 12.7. The average Bonchev–Trinajstić information content (AvgIpc) is 3.01. The molecule has 3 N–H and O–H groups in total. The molecule has 0 bridgehead atoms. The topological polar surface area (TPSA) is 137 Å². The maximum Gasteiger partial charge on any atom is 0.261 e. The summed E-state index contributed by atoms with van der Waals surface area (Å²) in [5.41, 5.74) is 0.325. The van der Waals surface area contributed by atoms with E-state index in [4.69, 9.17) is 5.14 Å². The quantitative estimate of drug-likeness (QED) is 0.609. The van der Waals surface area contributed by atoms with Crippen LogP contribution in [0.3, 0.4) is 0 Å². The second kappa shape index (κ2) is 7.31. The number of sulfonamides is 2. The van der Waals surface area contributed by atoms with Crippen molar-refractivity contribution in [3.63, 3.8) is 0 Å². The van der Waals surface area contributed by atoms with Crippen molar-refractivity contribution in [1.29, 1.82) is 0 Å². The summed E-state index contributed by atoms with van der Waals surface area (Å²) in [6.45, 7) is 0. The van der Waals surface area contributed by atoms with Gasteiger partial charge in [0.1, 0.15) is 6.33 Å². The van der Waals surface area contributed by atoms with Crippen LogP contribution in [0.2, 0.25) is 0 Å². The summed E-state index contributed by atoms with van der Waals surface area (Å²) in [6.07, 6.45) is 1.54. The number of aromatic nitrogens is 3. The maximum atomic E-state index is 12.7. The largest absolute Gasteiger partial charge is 0.311 e. The highest BCUT2D eigenvalue weighted by Gasteiger charge is 2.19. The zero-order valence-corrected chi connectivity index (χ0v) is 16.4. The van der Waals surface area contributed by atoms with Crippen LogP contribution < -0.4 is 9.86 Å². The number of benzene rings is 2. The van der Waals surface area contributed by atoms with Gasteiger partial charge in [0.15, 0.2) is 5.16 Å². The number of nitrogens with one attached hydrogen (secondary N) is 1. The van der Waals surface area contributed by atoms with Gasteiger partial charge in [0.2, 0.25) is 10.0 Å². The molecule has 12 heteroatoms. The summed E-state index contributed by atoms with van der Waals surface area (Å²) in [7, 11) is -6.28. The Bertz CT molecular complexity index is 1190. The van der Waals surface area contributed by atoms with Gasteiger partial charge in [-0.15, -0.1) is 10.2 Å². The Balaban J connectivity index is 1.94. The van der Waals surface area contributed by atoms with Crippen LogP contribution in [0.1, 0.15) is 0 Å². The fourth-order valence-electron chi connectivity index (χ4n) is 2.13. The van der Waals surface area contributed by atoms with Crippen molar-refractivity contribution in [1.82, 2.24) is 14.8 Å². The number of primary sulfonamides is 1. The summed E-state index contributed by atoms with van der Waals surface area (Å²) in [4.78, 5) is 0.111. The number of nitrogens with two attached hydrogens (primary N) is 1. The van der Waals surface area contributed by atoms with Gasteiger partial charge in [-0.2, -0.15) is 0 Å². The van der Waals surface area contributed by atoms with Crippen LogP contribution >= 0.6 is 11.8 Å². The van der Waals surface area contributed by atoms with Gasteiger partial charge in [0, 0.05) is 11.9 Å². The highest BCUT2D eigenvalue weighted by atomic mass is 32.2. The van der Waals surface area contributed by atoms with Gasteiger partial charge in [-0.1, -0.05) is 18.2 Å². The van der Waals surface area contributed by atoms with E-state index in [-0.39, 0.29) is 9.79 Å². The van der Waals surface area contributed by atoms with Crippen LogP contribution in [0.4, 0.5) is 5.69 Å². The van der Waals surface area contributed by atoms with Gasteiger partial charge < -0.3 is 4.57 Å². The van der Waals surface area contributed by atoms with Crippen LogP contribution in [0.5, 0.6) is 0 Å². The van der Waals surface area contributed by atoms with E-state index in [9.17, 15) is 16.8 Å². The Hall–Kier alpha value is -2.41. The lowest BCUT2D eigenvalue weighted by Gasteiger charge is -2.12. The smallest absolute Gasteiger partial charge is 0.261 e. The van der Waals surface area contributed by atoms with Crippen LogP contribution in [0.25, 0.3) is 0 Å². The van der Waals surface area contributed by atoms with Crippen LogP contribution in [0.15, 0.2) is 74.7 Å². The van der Waals surface area contributed by atoms with Gasteiger partial charge in [0.25, 0.3) is 10.0 Å². The summed E-state index contributed by atoms with van der Waals surface area (Å²) in [5, 5.41) is 13.4. The van der Waals surface area contributed by atoms with Crippen LogP contribution in [-0.2, 0) is 27.1 Å². The third-order valence-electron chi connectivity index (χ3n) is 3.45. The number of aryl methyl sites for hydroxylation is 1. The Morgan fingerprint density at radius 3 is 2.41 bits per heavy atom. The predicted octanol–water partition coefficient (Wildman–Crippen LogP) is 1.41. The van der Waals surface area contributed by atoms with Gasteiger partial charge in [-0.3, -0.25) is 4.72 Å². The first kappa shape index (κ1) is 19.4. The van der Waals surface area contributed by atoms with Crippen molar-refractivity contribution in [3.05, 3.63) is 54.9 Å². The predicted molar refractivity (Wildman–Crippen MR) is 100 cm³/mol. The molecule has 1 aromatic heterocycles. The van der Waals surface area contributed by atoms with Crippen molar-refractivity contribution >= 4 is 37.5 Å². The fraction of sp³-hybridized carbons (Fsp3) is 0.0667. The molecule has 27 heavy (non-hydrogen) atoms. The SMILES string of the molecule is Cn1cnnc1Sc1ccccc1NS(=O)(=O)c1cccc(S(N)(=O)=O)c1. The zero-order valence-electron chi connectivity index (χ0n) is 14.0. The molecular weight excluding hydrogens is 410 g/mol. The molecule has 0 unspecified atom stereocenters. The van der Waals surface area contributed by atoms with E-state index in [0.29, 0.717) is 15.7 Å². The number of nitrogens with zero attached hydrogens (tertiary/aromatic N) is 3. The minimum absolute atomic E-state index is 0.215. The lowest BCUT2D eigenvalue weighted by atomic mass is 10.3. The first-order chi connectivity index (χ1) is 12.7. The Kier molecular flexibility index (Phi) is 5.24. The van der Waals surface area contributed by atoms with E-state index in [1.54, 1.807) is 35.9 Å². The van der Waals surface area contributed by atoms with E-state index in [1.165, 1.54) is 36.3 Å². The van der Waals surface area contributed by atoms with E-state index in [2.05, 4.69) is 14.9 Å². The average molecular weight is 426 g/mol. The van der Waals surface area contributed by atoms with Gasteiger partial charge in [-0.25, -0.2) is 22.0 Å². The molecule has 0 atom stereocenters. The van der Waals surface area contributed by atoms with Crippen molar-refractivity contribution in [2.75, 3.05) is 4.72 Å². The molecule has 142 valence electrons. The molecule has 0 aliphatic carbocycles. The highest BCUT2D eigenvalue weighted by molar-refractivity contribution is 7.99. The molecule has 3 aromatic rings. The minimum Gasteiger partial charge on any atom is -0.311 e. The molecule has 0 saturated carbocycles. The van der Waals surface area contributed by atoms with Gasteiger partial charge >= 0.3 is 0 Å². The molecule has 0 saturated heterocycles. The second-order valence-corrected chi connectivity index (χ2v) is 9.70. The van der Waals surface area contributed by atoms with Gasteiger partial charge in [0.05, 0.1) is 15.5 Å². The molecule has 0 fully saturated rings. The molecule has 0 amide bonds. The van der Waals surface area contributed by atoms with Crippen molar-refractivity contribution in [2.24, 2.45) is 12.2 Å². The number of rotatable bonds is 6. The standard InChI is InChI=1S/C15H15N5O4S3/c1-20-10-17-18-15(20)25-14-8-3-2-7-13(14)19-27(23,24)12-6-4-5-11(9-12)26(16,21)22/h2-10,19H,1H3,(H2,16,21,22). The Morgan fingerprint density at radius 2 is 1.74 bits per heavy atom. The second-order valence-electron chi connectivity index (χ2n) is 5.45. The van der Waals surface area contributed by atoms with Crippen LogP contribution in [-0.4, -0.2) is 31.6 Å². The number of para-hydroxylation sites is 1. The van der Waals surface area contributed by atoms with Crippen molar-refractivity contribution in [3.8, 4) is 0 Å². The molecule has 0 spiro atoms. The number of hydrogen-bond donors (Lipinski definition) is 2. The summed E-state index contributed by atoms with van der Waals surface area (Å²) >= 11 is 1.24. The Labute approximate surface area is 160 Å². The first-order valence-electron chi connectivity index (χ1n) is 7.43. The third-order valence-corrected chi connectivity index (χ3v) is 6.85. The zero-order chi connectivity index (χ0) is 19.7. The molecular formula is C15H15N5O4S3. The highest BCUT2D eigenvalue weighted by Crippen LogP contribution is 2.33. The minimum atomic E-state index is -4.03. The summed E-state index contributed by atoms with van der Waals surface area (Å²) < 4.78 is 52.6. The molecule has 0 aliphatic heterocycles. The fourth-order valence-corrected chi connectivity index (χ4v) is 4.80. The normalized spacial score (nSPS) is 12.1. The molecule has 1 heterocycles. The Morgan fingerprint density at radius 1 is 1.04 bits per heavy atom. The lowest BCUT2D eigenvalue weighted by Crippen LogP contribution is -2.16. The molecule has 2 aromatic carbocycles. The van der Waals surface area contributed by atoms with E-state index >= 15 is 0 Å². The number of hydrogen-bond acceptors (Lipinski definition) is 7. The lowest BCUT2D eigenvalue weighted by molar-refractivity contribution is 0.597. The monoisotopic (exact) mass is 425 g/mol. The first-order valence-corrected chi connectivity index (χ1v) is 11.3. The number of anilines is 1. The van der Waals surface area contributed by atoms with Crippen LogP contribution in [0, 0.1) is 0 Å². The summed E-state index contributed by atoms with van der Waals surface area (Å²) in [5.74, 6) is 0. The van der Waals surface area contributed by atoms with Crippen molar-refractivity contribution < 1.29 is 16.8 Å². The van der Waals surface area contributed by atoms with E-state index in [0.717, 1.165) is 6.07 Å². The molecule has 3 rings (SSSR count). The van der Waals surface area contributed by atoms with Gasteiger partial charge in [-0.05, 0) is 42.1 Å². The molecule has 9 nitrogen and oxygen atoms in total. The third kappa shape index (κ3) is 4.47. The van der Waals surface area contributed by atoms with E-state index < -0.39 is 20.0 Å².